The number of allylic oxidation sites excluding steroid dienone is 1. The van der Waals surface area contributed by atoms with Gasteiger partial charge in [-0.2, -0.15) is 0 Å². The van der Waals surface area contributed by atoms with Crippen LogP contribution in [0.25, 0.3) is 12.2 Å². The predicted molar refractivity (Wildman–Crippen MR) is 106 cm³/mol. The van der Waals surface area contributed by atoms with Gasteiger partial charge in [-0.05, 0) is 46.4 Å². The average Bonchev–Trinajstić information content (AvgIpc) is 2.77. The summed E-state index contributed by atoms with van der Waals surface area (Å²) in [5.41, 5.74) is 6.63. The maximum absolute atomic E-state index is 4.00. The molecule has 0 heterocycles. The van der Waals surface area contributed by atoms with Crippen molar-refractivity contribution < 1.29 is 0 Å². The highest BCUT2D eigenvalue weighted by Crippen LogP contribution is 2.74. The fraction of sp³-hybridized carbons (Fsp3) is 0.545. The van der Waals surface area contributed by atoms with Gasteiger partial charge in [0, 0.05) is 5.41 Å². The summed E-state index contributed by atoms with van der Waals surface area (Å²) >= 11 is 0. The van der Waals surface area contributed by atoms with E-state index in [1.54, 1.807) is 10.8 Å². The summed E-state index contributed by atoms with van der Waals surface area (Å²) in [6.07, 6.45) is 5.87. The van der Waals surface area contributed by atoms with E-state index in [1.807, 2.05) is 6.08 Å². The van der Waals surface area contributed by atoms with Crippen LogP contribution in [0.3, 0.4) is 0 Å². The average molecular weight is 325 g/mol. The van der Waals surface area contributed by atoms with Gasteiger partial charge in [0.05, 0.1) is 8.07 Å². The molecule has 2 aliphatic rings. The molecule has 3 rings (SSSR count). The van der Waals surface area contributed by atoms with E-state index in [4.69, 9.17) is 0 Å². The molecule has 1 heteroatoms. The summed E-state index contributed by atoms with van der Waals surface area (Å²) in [6.45, 7) is 23.8. The van der Waals surface area contributed by atoms with Crippen LogP contribution in [0.1, 0.15) is 56.4 Å². The summed E-state index contributed by atoms with van der Waals surface area (Å²) in [4.78, 5) is 0. The van der Waals surface area contributed by atoms with Gasteiger partial charge in [0.1, 0.15) is 0 Å². The van der Waals surface area contributed by atoms with E-state index in [2.05, 4.69) is 79.0 Å². The molecule has 124 valence electrons. The van der Waals surface area contributed by atoms with Gasteiger partial charge >= 0.3 is 0 Å². The molecule has 0 N–H and O–H groups in total. The number of hydrogen-bond donors (Lipinski definition) is 0. The van der Waals surface area contributed by atoms with Crippen molar-refractivity contribution >= 4 is 20.2 Å². The zero-order valence-corrected chi connectivity index (χ0v) is 17.2. The summed E-state index contributed by atoms with van der Waals surface area (Å²) < 4.78 is 0. The van der Waals surface area contributed by atoms with E-state index in [0.717, 1.165) is 0 Å². The first-order valence-corrected chi connectivity index (χ1v) is 12.4. The van der Waals surface area contributed by atoms with E-state index in [-0.39, 0.29) is 5.41 Å². The van der Waals surface area contributed by atoms with Gasteiger partial charge in [-0.1, -0.05) is 83.4 Å². The van der Waals surface area contributed by atoms with Crippen molar-refractivity contribution in [2.75, 3.05) is 0 Å². The van der Waals surface area contributed by atoms with Crippen molar-refractivity contribution in [2.24, 2.45) is 10.8 Å². The van der Waals surface area contributed by atoms with Crippen LogP contribution in [0, 0.1) is 17.8 Å². The molecule has 0 unspecified atom stereocenters. The molecule has 0 amide bonds. The molecule has 23 heavy (non-hydrogen) atoms. The normalized spacial score (nSPS) is 23.2. The van der Waals surface area contributed by atoms with E-state index in [0.29, 0.717) is 10.8 Å². The largest absolute Gasteiger partial charge is 0.0985 e. The summed E-state index contributed by atoms with van der Waals surface area (Å²) in [5, 5.41) is 1.76. The lowest BCUT2D eigenvalue weighted by atomic mass is 9.37. The molecule has 0 atom stereocenters. The fourth-order valence-corrected chi connectivity index (χ4v) is 8.81. The molecule has 0 bridgehead atoms. The zero-order valence-electron chi connectivity index (χ0n) is 16.2. The lowest BCUT2D eigenvalue weighted by Crippen LogP contribution is -2.66. The molecular weight excluding hydrogens is 292 g/mol. The molecule has 0 radical (unpaired) electrons. The minimum Gasteiger partial charge on any atom is -0.0985 e. The molecule has 2 aliphatic carbocycles. The van der Waals surface area contributed by atoms with Crippen LogP contribution in [0.5, 0.6) is 0 Å². The molecule has 0 aromatic heterocycles. The van der Waals surface area contributed by atoms with E-state index in [9.17, 15) is 0 Å². The van der Waals surface area contributed by atoms with Crippen molar-refractivity contribution in [3.8, 4) is 0 Å². The lowest BCUT2D eigenvalue weighted by molar-refractivity contribution is -0.0852. The maximum atomic E-state index is 4.00. The molecule has 1 fully saturated rings. The first-order chi connectivity index (χ1) is 10.4. The van der Waals surface area contributed by atoms with Crippen molar-refractivity contribution in [1.82, 2.24) is 0 Å². The smallest absolute Gasteiger partial charge is 0.0736 e. The molecule has 1 spiro atoms. The van der Waals surface area contributed by atoms with Crippen molar-refractivity contribution in [2.45, 2.75) is 66.1 Å². The van der Waals surface area contributed by atoms with E-state index >= 15 is 0 Å². The monoisotopic (exact) mass is 324 g/mol. The Morgan fingerprint density at radius 1 is 1.04 bits per heavy atom. The third-order valence-electron chi connectivity index (χ3n) is 6.60. The fourth-order valence-electron chi connectivity index (χ4n) is 6.29. The Bertz CT molecular complexity index is 709. The van der Waals surface area contributed by atoms with Crippen molar-refractivity contribution in [3.05, 3.63) is 46.2 Å². The molecule has 0 nitrogen and oxygen atoms in total. The van der Waals surface area contributed by atoms with Gasteiger partial charge in [-0.25, -0.2) is 0 Å². The second-order valence-electron chi connectivity index (χ2n) is 9.95. The second kappa shape index (κ2) is 4.50. The van der Waals surface area contributed by atoms with Crippen LogP contribution >= 0.6 is 0 Å². The Morgan fingerprint density at radius 2 is 1.61 bits per heavy atom. The van der Waals surface area contributed by atoms with Crippen LogP contribution in [0.2, 0.25) is 19.6 Å². The summed E-state index contributed by atoms with van der Waals surface area (Å²) in [5.74, 6) is 0. The van der Waals surface area contributed by atoms with Crippen LogP contribution in [-0.4, -0.2) is 8.07 Å². The van der Waals surface area contributed by atoms with Gasteiger partial charge < -0.3 is 0 Å². The van der Waals surface area contributed by atoms with Gasteiger partial charge in [0.2, 0.25) is 0 Å². The van der Waals surface area contributed by atoms with Gasteiger partial charge in [0.25, 0.3) is 0 Å². The van der Waals surface area contributed by atoms with Gasteiger partial charge in [-0.3, -0.25) is 0 Å². The summed E-state index contributed by atoms with van der Waals surface area (Å²) in [6, 6.07) is 4.69. The van der Waals surface area contributed by atoms with Crippen LogP contribution in [-0.2, 0) is 5.41 Å². The molecular formula is C22H32Si. The Morgan fingerprint density at radius 3 is 2.04 bits per heavy atom. The van der Waals surface area contributed by atoms with Crippen LogP contribution in [0.4, 0.5) is 0 Å². The minimum atomic E-state index is -1.42. The standard InChI is InChI=1S/C22H32Si/c1-10-16-11-12-18-17(15(16)2)13-19(23(7,8)9)22(18)20(3,4)14-21(22,5)6/h10-13H,1,14H2,2-9H3. The molecule has 1 aromatic rings. The number of rotatable bonds is 2. The Kier molecular flexibility index (Phi) is 3.28. The number of hydrogen-bond acceptors (Lipinski definition) is 0. The summed E-state index contributed by atoms with van der Waals surface area (Å²) in [7, 11) is -1.42. The highest BCUT2D eigenvalue weighted by Gasteiger charge is 2.70. The second-order valence-corrected chi connectivity index (χ2v) is 15.0. The Labute approximate surface area is 143 Å². The maximum Gasteiger partial charge on any atom is 0.0736 e. The van der Waals surface area contributed by atoms with E-state index in [1.165, 1.54) is 23.1 Å². The van der Waals surface area contributed by atoms with Gasteiger partial charge in [-0.15, -0.1) is 0 Å². The van der Waals surface area contributed by atoms with Crippen molar-refractivity contribution in [1.29, 1.82) is 0 Å². The Hall–Kier alpha value is -1.08. The third kappa shape index (κ3) is 1.83. The Balaban J connectivity index is 2.40. The number of benzene rings is 1. The molecule has 0 aliphatic heterocycles. The first kappa shape index (κ1) is 16.8. The highest BCUT2D eigenvalue weighted by molar-refractivity contribution is 6.84. The highest BCUT2D eigenvalue weighted by atomic mass is 28.3. The zero-order chi connectivity index (χ0) is 17.4. The number of fused-ring (bicyclic) bond motifs is 2. The lowest BCUT2D eigenvalue weighted by Gasteiger charge is -2.69. The molecule has 1 aromatic carbocycles. The van der Waals surface area contributed by atoms with Gasteiger partial charge in [0.15, 0.2) is 0 Å². The quantitative estimate of drug-likeness (QED) is 0.537. The van der Waals surface area contributed by atoms with Crippen molar-refractivity contribution in [3.63, 3.8) is 0 Å². The minimum absolute atomic E-state index is 0.213. The third-order valence-corrected chi connectivity index (χ3v) is 8.73. The SMILES string of the molecule is C=Cc1ccc2c(c1C)C=C([Si](C)(C)C)C21C(C)(C)CC1(C)C. The van der Waals surface area contributed by atoms with E-state index < -0.39 is 8.07 Å². The predicted octanol–water partition coefficient (Wildman–Crippen LogP) is 6.61. The topological polar surface area (TPSA) is 0 Å². The van der Waals surface area contributed by atoms with Crippen LogP contribution < -0.4 is 0 Å². The van der Waals surface area contributed by atoms with Crippen LogP contribution in [0.15, 0.2) is 23.9 Å². The molecule has 1 saturated carbocycles. The first-order valence-electron chi connectivity index (χ1n) is 8.89. The molecule has 0 saturated heterocycles.